The summed E-state index contributed by atoms with van der Waals surface area (Å²) in [5.74, 6) is -0.664. The first kappa shape index (κ1) is 12.8. The minimum atomic E-state index is -0.441. The molecule has 0 bridgehead atoms. The van der Waals surface area contributed by atoms with Crippen LogP contribution in [-0.4, -0.2) is 42.0 Å². The molecule has 1 aromatic heterocycles. The predicted octanol–water partition coefficient (Wildman–Crippen LogP) is 1.03. The van der Waals surface area contributed by atoms with Crippen molar-refractivity contribution in [2.75, 3.05) is 20.7 Å². The van der Waals surface area contributed by atoms with Crippen LogP contribution in [0.2, 0.25) is 0 Å². The van der Waals surface area contributed by atoms with E-state index in [2.05, 4.69) is 20.7 Å². The Bertz CT molecular complexity index is 414. The highest BCUT2D eigenvalue weighted by Crippen LogP contribution is 2.14. The van der Waals surface area contributed by atoms with E-state index in [0.717, 1.165) is 4.47 Å². The summed E-state index contributed by atoms with van der Waals surface area (Å²) in [4.78, 5) is 24.2. The number of esters is 1. The molecule has 0 fully saturated rings. The highest BCUT2D eigenvalue weighted by molar-refractivity contribution is 9.10. The number of halogens is 1. The maximum atomic E-state index is 11.9. The van der Waals surface area contributed by atoms with E-state index in [9.17, 15) is 9.59 Å². The number of hydrogen-bond acceptors (Lipinski definition) is 3. The molecule has 1 amide bonds. The first-order chi connectivity index (χ1) is 7.45. The van der Waals surface area contributed by atoms with Crippen LogP contribution in [0.1, 0.15) is 10.5 Å². The van der Waals surface area contributed by atoms with Gasteiger partial charge < -0.3 is 14.2 Å². The second-order valence-corrected chi connectivity index (χ2v) is 4.31. The van der Waals surface area contributed by atoms with Gasteiger partial charge in [0.25, 0.3) is 5.91 Å². The highest BCUT2D eigenvalue weighted by Gasteiger charge is 2.18. The molecule has 88 valence electrons. The standard InChI is InChI=1S/C10H13BrN2O3/c1-12-5-7(11)4-8(12)10(15)13(2)6-9(14)16-3/h4-5H,6H2,1-3H3. The normalized spacial score (nSPS) is 10.0. The molecule has 16 heavy (non-hydrogen) atoms. The molecule has 0 aliphatic rings. The van der Waals surface area contributed by atoms with Crippen molar-refractivity contribution in [2.45, 2.75) is 0 Å². The lowest BCUT2D eigenvalue weighted by atomic mass is 10.3. The average molecular weight is 289 g/mol. The van der Waals surface area contributed by atoms with Gasteiger partial charge in [-0.05, 0) is 22.0 Å². The van der Waals surface area contributed by atoms with Crippen LogP contribution in [0.4, 0.5) is 0 Å². The summed E-state index contributed by atoms with van der Waals surface area (Å²) >= 11 is 3.28. The Morgan fingerprint density at radius 3 is 2.62 bits per heavy atom. The molecule has 0 saturated carbocycles. The van der Waals surface area contributed by atoms with Crippen molar-refractivity contribution in [2.24, 2.45) is 7.05 Å². The van der Waals surface area contributed by atoms with Gasteiger partial charge in [-0.25, -0.2) is 0 Å². The van der Waals surface area contributed by atoms with E-state index in [1.54, 1.807) is 30.9 Å². The lowest BCUT2D eigenvalue weighted by Crippen LogP contribution is -2.33. The number of aromatic nitrogens is 1. The van der Waals surface area contributed by atoms with Crippen molar-refractivity contribution in [1.82, 2.24) is 9.47 Å². The minimum absolute atomic E-state index is 0.0574. The summed E-state index contributed by atoms with van der Waals surface area (Å²) in [5.41, 5.74) is 0.512. The monoisotopic (exact) mass is 288 g/mol. The molecule has 0 saturated heterocycles. The maximum absolute atomic E-state index is 11.9. The van der Waals surface area contributed by atoms with Crippen LogP contribution in [0.5, 0.6) is 0 Å². The van der Waals surface area contributed by atoms with Gasteiger partial charge in [-0.3, -0.25) is 9.59 Å². The molecule has 0 aromatic carbocycles. The van der Waals surface area contributed by atoms with E-state index < -0.39 is 5.97 Å². The average Bonchev–Trinajstić information content (AvgIpc) is 2.56. The van der Waals surface area contributed by atoms with Gasteiger partial charge in [0.2, 0.25) is 0 Å². The number of ether oxygens (including phenoxy) is 1. The van der Waals surface area contributed by atoms with Gasteiger partial charge in [0.05, 0.1) is 7.11 Å². The zero-order valence-electron chi connectivity index (χ0n) is 9.36. The Labute approximate surface area is 102 Å². The quantitative estimate of drug-likeness (QED) is 0.781. The third kappa shape index (κ3) is 2.85. The summed E-state index contributed by atoms with van der Waals surface area (Å²) in [7, 11) is 4.61. The number of carbonyl (C=O) groups is 2. The number of rotatable bonds is 3. The second kappa shape index (κ2) is 5.16. The van der Waals surface area contributed by atoms with Crippen LogP contribution in [0.3, 0.4) is 0 Å². The SMILES string of the molecule is COC(=O)CN(C)C(=O)c1cc(Br)cn1C. The van der Waals surface area contributed by atoms with E-state index in [-0.39, 0.29) is 12.5 Å². The fraction of sp³-hybridized carbons (Fsp3) is 0.400. The summed E-state index contributed by atoms with van der Waals surface area (Å²) in [5, 5.41) is 0. The lowest BCUT2D eigenvalue weighted by molar-refractivity contribution is -0.141. The van der Waals surface area contributed by atoms with Crippen molar-refractivity contribution in [3.05, 3.63) is 22.4 Å². The van der Waals surface area contributed by atoms with E-state index in [1.165, 1.54) is 12.0 Å². The Morgan fingerprint density at radius 2 is 2.19 bits per heavy atom. The van der Waals surface area contributed by atoms with E-state index in [4.69, 9.17) is 0 Å². The summed E-state index contributed by atoms with van der Waals surface area (Å²) < 4.78 is 7.01. The number of hydrogen-bond donors (Lipinski definition) is 0. The Morgan fingerprint density at radius 1 is 1.56 bits per heavy atom. The molecular weight excluding hydrogens is 276 g/mol. The molecular formula is C10H13BrN2O3. The molecule has 1 heterocycles. The number of carbonyl (C=O) groups excluding carboxylic acids is 2. The number of nitrogens with zero attached hydrogens (tertiary/aromatic N) is 2. The zero-order valence-corrected chi connectivity index (χ0v) is 10.9. The molecule has 0 radical (unpaired) electrons. The smallest absolute Gasteiger partial charge is 0.325 e. The molecule has 5 nitrogen and oxygen atoms in total. The van der Waals surface area contributed by atoms with E-state index >= 15 is 0 Å². The van der Waals surface area contributed by atoms with Crippen LogP contribution in [-0.2, 0) is 16.6 Å². The van der Waals surface area contributed by atoms with E-state index in [0.29, 0.717) is 5.69 Å². The lowest BCUT2D eigenvalue weighted by Gasteiger charge is -2.15. The third-order valence-corrected chi connectivity index (χ3v) is 2.57. The maximum Gasteiger partial charge on any atom is 0.325 e. The third-order valence-electron chi connectivity index (χ3n) is 2.13. The van der Waals surface area contributed by atoms with Crippen molar-refractivity contribution >= 4 is 27.8 Å². The van der Waals surface area contributed by atoms with Crippen molar-refractivity contribution < 1.29 is 14.3 Å². The molecule has 0 spiro atoms. The molecule has 1 aromatic rings. The highest BCUT2D eigenvalue weighted by atomic mass is 79.9. The Balaban J connectivity index is 2.78. The van der Waals surface area contributed by atoms with Gasteiger partial charge in [-0.1, -0.05) is 0 Å². The van der Waals surface area contributed by atoms with Crippen LogP contribution in [0.15, 0.2) is 16.7 Å². The van der Waals surface area contributed by atoms with E-state index in [1.807, 2.05) is 0 Å². The van der Waals surface area contributed by atoms with Crippen molar-refractivity contribution in [3.63, 3.8) is 0 Å². The van der Waals surface area contributed by atoms with Crippen molar-refractivity contribution in [3.8, 4) is 0 Å². The topological polar surface area (TPSA) is 51.5 Å². The number of amides is 1. The number of methoxy groups -OCH3 is 1. The number of likely N-dealkylation sites (N-methyl/N-ethyl adjacent to an activating group) is 1. The van der Waals surface area contributed by atoms with Crippen LogP contribution in [0.25, 0.3) is 0 Å². The van der Waals surface area contributed by atoms with Crippen LogP contribution >= 0.6 is 15.9 Å². The predicted molar refractivity (Wildman–Crippen MR) is 62.1 cm³/mol. The molecule has 6 heteroatoms. The zero-order chi connectivity index (χ0) is 12.3. The Hall–Kier alpha value is -1.30. The van der Waals surface area contributed by atoms with Gasteiger partial charge in [-0.2, -0.15) is 0 Å². The minimum Gasteiger partial charge on any atom is -0.468 e. The molecule has 0 atom stereocenters. The molecule has 0 aliphatic heterocycles. The molecule has 0 unspecified atom stereocenters. The number of aryl methyl sites for hydroxylation is 1. The molecule has 0 aliphatic carbocycles. The first-order valence-corrected chi connectivity index (χ1v) is 5.39. The van der Waals surface area contributed by atoms with Crippen LogP contribution in [0, 0.1) is 0 Å². The van der Waals surface area contributed by atoms with Gasteiger partial charge in [-0.15, -0.1) is 0 Å². The van der Waals surface area contributed by atoms with Gasteiger partial charge in [0, 0.05) is 24.8 Å². The van der Waals surface area contributed by atoms with Gasteiger partial charge in [0.15, 0.2) is 0 Å². The van der Waals surface area contributed by atoms with Gasteiger partial charge >= 0.3 is 5.97 Å². The Kier molecular flexibility index (Phi) is 4.12. The molecule has 1 rings (SSSR count). The van der Waals surface area contributed by atoms with Crippen LogP contribution < -0.4 is 0 Å². The fourth-order valence-corrected chi connectivity index (χ4v) is 1.79. The second-order valence-electron chi connectivity index (χ2n) is 3.39. The summed E-state index contributed by atoms with van der Waals surface area (Å²) in [6.07, 6.45) is 1.78. The largest absolute Gasteiger partial charge is 0.468 e. The fourth-order valence-electron chi connectivity index (χ4n) is 1.26. The first-order valence-electron chi connectivity index (χ1n) is 4.60. The van der Waals surface area contributed by atoms with Gasteiger partial charge in [0.1, 0.15) is 12.2 Å². The van der Waals surface area contributed by atoms with Crippen molar-refractivity contribution in [1.29, 1.82) is 0 Å². The summed E-state index contributed by atoms with van der Waals surface area (Å²) in [6, 6.07) is 1.70. The summed E-state index contributed by atoms with van der Waals surface area (Å²) in [6.45, 7) is -0.0574. The molecule has 0 N–H and O–H groups in total.